The lowest BCUT2D eigenvalue weighted by molar-refractivity contribution is -0.118. The molecule has 0 aliphatic heterocycles. The summed E-state index contributed by atoms with van der Waals surface area (Å²) in [6.45, 7) is 1.31. The maximum Gasteiger partial charge on any atom is 0.246 e. The monoisotopic (exact) mass is 410 g/mol. The van der Waals surface area contributed by atoms with Gasteiger partial charge in [-0.1, -0.05) is 35.9 Å². The molecule has 1 atom stereocenters. The quantitative estimate of drug-likeness (QED) is 0.596. The molecule has 7 heteroatoms. The average Bonchev–Trinajstić information content (AvgIpc) is 2.71. The first-order chi connectivity index (χ1) is 13.9. The Hall–Kier alpha value is -3.22. The molecule has 0 radical (unpaired) electrons. The lowest BCUT2D eigenvalue weighted by Crippen LogP contribution is -2.30. The smallest absolute Gasteiger partial charge is 0.246 e. The van der Waals surface area contributed by atoms with Gasteiger partial charge < -0.3 is 16.4 Å². The molecule has 2 amide bonds. The highest BCUT2D eigenvalue weighted by atomic mass is 35.5. The number of hydrogen-bond donors (Lipinski definition) is 3. The predicted octanol–water partition coefficient (Wildman–Crippen LogP) is 3.79. The third kappa shape index (κ3) is 7.03. The summed E-state index contributed by atoms with van der Waals surface area (Å²) in [5.74, 6) is -0.457. The highest BCUT2D eigenvalue weighted by Gasteiger charge is 2.18. The highest BCUT2D eigenvalue weighted by Crippen LogP contribution is 2.22. The van der Waals surface area contributed by atoms with Crippen LogP contribution in [0.4, 0.5) is 5.69 Å². The first-order valence-corrected chi connectivity index (χ1v) is 9.28. The molecule has 2 aromatic carbocycles. The van der Waals surface area contributed by atoms with E-state index in [0.29, 0.717) is 5.02 Å². The van der Waals surface area contributed by atoms with E-state index in [1.54, 1.807) is 31.6 Å². The molecule has 0 saturated carbocycles. The second kappa shape index (κ2) is 10.9. The van der Waals surface area contributed by atoms with Gasteiger partial charge in [-0.15, -0.1) is 0 Å². The molecule has 0 saturated heterocycles. The van der Waals surface area contributed by atoms with Crippen molar-refractivity contribution < 1.29 is 9.59 Å². The first kappa shape index (κ1) is 22.1. The van der Waals surface area contributed by atoms with Crippen LogP contribution in [-0.2, 0) is 9.59 Å². The first-order valence-electron chi connectivity index (χ1n) is 8.91. The molecule has 1 aromatic heterocycles. The second-order valence-corrected chi connectivity index (χ2v) is 6.62. The van der Waals surface area contributed by atoms with E-state index in [2.05, 4.69) is 21.4 Å². The van der Waals surface area contributed by atoms with E-state index >= 15 is 0 Å². The molecule has 0 aliphatic rings. The number of likely N-dealkylation sites (N-methyl/N-ethyl adjacent to an activating group) is 1. The Balaban J connectivity index is 0.000000687. The van der Waals surface area contributed by atoms with Gasteiger partial charge >= 0.3 is 0 Å². The van der Waals surface area contributed by atoms with Gasteiger partial charge in [-0.25, -0.2) is 0 Å². The van der Waals surface area contributed by atoms with E-state index < -0.39 is 6.04 Å². The number of primary amides is 1. The number of anilines is 1. The Morgan fingerprint density at radius 2 is 1.45 bits per heavy atom. The number of carbonyl (C=O) groups excluding carboxylic acids is 2. The largest absolute Gasteiger partial charge is 0.370 e. The fourth-order valence-corrected chi connectivity index (χ4v) is 2.74. The molecule has 3 rings (SSSR count). The van der Waals surface area contributed by atoms with Crippen molar-refractivity contribution in [1.82, 2.24) is 10.3 Å². The number of nitrogens with zero attached hydrogens (tertiary/aromatic N) is 1. The van der Waals surface area contributed by atoms with Gasteiger partial charge in [0.2, 0.25) is 11.8 Å². The summed E-state index contributed by atoms with van der Waals surface area (Å²) < 4.78 is 0. The van der Waals surface area contributed by atoms with Gasteiger partial charge in [0.1, 0.15) is 6.04 Å². The summed E-state index contributed by atoms with van der Waals surface area (Å²) in [6.07, 6.45) is 3.52. The van der Waals surface area contributed by atoms with Crippen LogP contribution in [-0.4, -0.2) is 23.8 Å². The number of aromatic nitrogens is 1. The Bertz CT molecular complexity index is 925. The van der Waals surface area contributed by atoms with Gasteiger partial charge in [-0.2, -0.15) is 0 Å². The van der Waals surface area contributed by atoms with Crippen LogP contribution in [0, 0.1) is 0 Å². The number of nitrogens with two attached hydrogens (primary N) is 1. The molecule has 1 heterocycles. The van der Waals surface area contributed by atoms with Gasteiger partial charge in [0, 0.05) is 30.0 Å². The minimum atomic E-state index is -0.447. The Kier molecular flexibility index (Phi) is 8.33. The van der Waals surface area contributed by atoms with Crippen LogP contribution in [0.25, 0.3) is 11.1 Å². The average molecular weight is 411 g/mol. The van der Waals surface area contributed by atoms with E-state index in [0.717, 1.165) is 22.4 Å². The van der Waals surface area contributed by atoms with Crippen LogP contribution in [0.1, 0.15) is 18.5 Å². The standard InChI is InChI=1S/C20H18ClN3O.C2H5NO/c1-22-19(16-2-6-17(21)7-3-16)20(25)24-18-8-4-14(5-9-18)15-10-12-23-13-11-15;1-2(3)4/h2-13,19,22H,1H3,(H,24,25);1H3,(H2,3,4). The zero-order valence-corrected chi connectivity index (χ0v) is 17.0. The maximum atomic E-state index is 12.6. The van der Waals surface area contributed by atoms with Gasteiger partial charge in [-0.05, 0) is 60.1 Å². The van der Waals surface area contributed by atoms with Crippen LogP contribution in [0.3, 0.4) is 0 Å². The summed E-state index contributed by atoms with van der Waals surface area (Å²) in [4.78, 5) is 25.8. The van der Waals surface area contributed by atoms with Crippen molar-refractivity contribution in [2.24, 2.45) is 5.73 Å². The molecule has 0 aliphatic carbocycles. The van der Waals surface area contributed by atoms with Gasteiger partial charge in [0.15, 0.2) is 0 Å². The van der Waals surface area contributed by atoms with Crippen molar-refractivity contribution in [3.8, 4) is 11.1 Å². The van der Waals surface area contributed by atoms with Crippen LogP contribution in [0.15, 0.2) is 73.1 Å². The van der Waals surface area contributed by atoms with Crippen LogP contribution < -0.4 is 16.4 Å². The molecule has 0 spiro atoms. The van der Waals surface area contributed by atoms with E-state index in [4.69, 9.17) is 11.6 Å². The van der Waals surface area contributed by atoms with Crippen molar-refractivity contribution in [2.45, 2.75) is 13.0 Å². The molecule has 6 nitrogen and oxygen atoms in total. The molecular formula is C22H23ClN4O2. The summed E-state index contributed by atoms with van der Waals surface area (Å²) in [7, 11) is 1.76. The summed E-state index contributed by atoms with van der Waals surface area (Å²) in [5, 5.41) is 6.62. The Morgan fingerprint density at radius 1 is 0.931 bits per heavy atom. The van der Waals surface area contributed by atoms with E-state index in [1.165, 1.54) is 6.92 Å². The van der Waals surface area contributed by atoms with Gasteiger partial charge in [-0.3, -0.25) is 14.6 Å². The van der Waals surface area contributed by atoms with Crippen molar-refractivity contribution in [3.63, 3.8) is 0 Å². The van der Waals surface area contributed by atoms with Gasteiger partial charge in [0.05, 0.1) is 0 Å². The third-order valence-corrected chi connectivity index (χ3v) is 4.17. The summed E-state index contributed by atoms with van der Waals surface area (Å²) in [6, 6.07) is 18.4. The summed E-state index contributed by atoms with van der Waals surface area (Å²) in [5.41, 5.74) is 8.24. The molecular weight excluding hydrogens is 388 g/mol. The number of amides is 2. The molecule has 29 heavy (non-hydrogen) atoms. The fourth-order valence-electron chi connectivity index (χ4n) is 2.61. The van der Waals surface area contributed by atoms with Crippen LogP contribution >= 0.6 is 11.6 Å². The molecule has 150 valence electrons. The van der Waals surface area contributed by atoms with Crippen LogP contribution in [0.2, 0.25) is 5.02 Å². The lowest BCUT2D eigenvalue weighted by atomic mass is 10.1. The number of halogens is 1. The number of carbonyl (C=O) groups is 2. The molecule has 0 fully saturated rings. The van der Waals surface area contributed by atoms with Crippen LogP contribution in [0.5, 0.6) is 0 Å². The predicted molar refractivity (Wildman–Crippen MR) is 116 cm³/mol. The van der Waals surface area contributed by atoms with E-state index in [-0.39, 0.29) is 11.8 Å². The SMILES string of the molecule is CC(N)=O.CNC(C(=O)Nc1ccc(-c2ccncc2)cc1)c1ccc(Cl)cc1. The zero-order chi connectivity index (χ0) is 21.2. The number of rotatable bonds is 5. The van der Waals surface area contributed by atoms with Crippen molar-refractivity contribution >= 4 is 29.1 Å². The minimum absolute atomic E-state index is 0.124. The molecule has 0 bridgehead atoms. The van der Waals surface area contributed by atoms with E-state index in [9.17, 15) is 9.59 Å². The molecule has 4 N–H and O–H groups in total. The summed E-state index contributed by atoms with van der Waals surface area (Å²) >= 11 is 5.91. The second-order valence-electron chi connectivity index (χ2n) is 6.19. The lowest BCUT2D eigenvalue weighted by Gasteiger charge is -2.17. The van der Waals surface area contributed by atoms with Crippen molar-refractivity contribution in [2.75, 3.05) is 12.4 Å². The normalized spacial score (nSPS) is 11.0. The topological polar surface area (TPSA) is 97.1 Å². The molecule has 3 aromatic rings. The van der Waals surface area contributed by atoms with E-state index in [1.807, 2.05) is 48.5 Å². The Labute approximate surface area is 175 Å². The fraction of sp³-hybridized carbons (Fsp3) is 0.136. The van der Waals surface area contributed by atoms with Gasteiger partial charge in [0.25, 0.3) is 0 Å². The zero-order valence-electron chi connectivity index (χ0n) is 16.2. The Morgan fingerprint density at radius 3 is 1.97 bits per heavy atom. The number of hydrogen-bond acceptors (Lipinski definition) is 4. The van der Waals surface area contributed by atoms with Crippen molar-refractivity contribution in [3.05, 3.63) is 83.6 Å². The van der Waals surface area contributed by atoms with Crippen molar-refractivity contribution in [1.29, 1.82) is 0 Å². The molecule has 1 unspecified atom stereocenters. The third-order valence-electron chi connectivity index (χ3n) is 3.92. The number of pyridine rings is 1. The number of benzene rings is 2. The number of nitrogens with one attached hydrogen (secondary N) is 2. The highest BCUT2D eigenvalue weighted by molar-refractivity contribution is 6.30. The minimum Gasteiger partial charge on any atom is -0.370 e. The maximum absolute atomic E-state index is 12.6.